The molecule has 2 heterocycles. The summed E-state index contributed by atoms with van der Waals surface area (Å²) in [4.78, 5) is 26.4. The van der Waals surface area contributed by atoms with E-state index >= 15 is 0 Å². The Bertz CT molecular complexity index is 1160. The second-order valence-electron chi connectivity index (χ2n) is 6.95. The summed E-state index contributed by atoms with van der Waals surface area (Å²) in [5.74, 6) is -0.552. The molecule has 1 aromatic heterocycles. The maximum atomic E-state index is 13.0. The van der Waals surface area contributed by atoms with Crippen molar-refractivity contribution in [3.63, 3.8) is 0 Å². The third kappa shape index (κ3) is 4.85. The van der Waals surface area contributed by atoms with Crippen molar-refractivity contribution in [1.29, 1.82) is 0 Å². The van der Waals surface area contributed by atoms with E-state index in [1.165, 1.54) is 16.8 Å². The largest absolute Gasteiger partial charge is 0.467 e. The zero-order valence-electron chi connectivity index (χ0n) is 17.0. The van der Waals surface area contributed by atoms with Crippen molar-refractivity contribution < 1.29 is 18.7 Å². The van der Waals surface area contributed by atoms with Crippen molar-refractivity contribution >= 4 is 52.6 Å². The van der Waals surface area contributed by atoms with Crippen LogP contribution in [0.4, 0.5) is 0 Å². The van der Waals surface area contributed by atoms with Crippen LogP contribution in [-0.4, -0.2) is 35.5 Å². The van der Waals surface area contributed by atoms with Gasteiger partial charge in [-0.25, -0.2) is 9.80 Å². The fraction of sp³-hybridized carbons (Fsp3) is 0.174. The van der Waals surface area contributed by atoms with E-state index in [-0.39, 0.29) is 10.6 Å². The molecule has 0 bridgehead atoms. The number of ether oxygens (including phenoxy) is 1. The Hall–Kier alpha value is -2.74. The van der Waals surface area contributed by atoms with Gasteiger partial charge in [-0.3, -0.25) is 4.79 Å². The van der Waals surface area contributed by atoms with Gasteiger partial charge in [0, 0.05) is 16.3 Å². The van der Waals surface area contributed by atoms with Gasteiger partial charge in [-0.15, -0.1) is 11.8 Å². The van der Waals surface area contributed by atoms with Crippen LogP contribution in [0.5, 0.6) is 0 Å². The molecule has 1 atom stereocenters. The number of hydrogen-bond acceptors (Lipinski definition) is 6. The monoisotopic (exact) mass is 488 g/mol. The van der Waals surface area contributed by atoms with Crippen LogP contribution in [0, 0.1) is 0 Å². The SMILES string of the molecule is CSc1ccc(Cl)c(C(=O)OCC(=O)N2N=C(c3ccc(Cl)cc3)C[C@H]2c2ccco2)c1. The van der Waals surface area contributed by atoms with E-state index < -0.39 is 24.5 Å². The lowest BCUT2D eigenvalue weighted by Gasteiger charge is -2.19. The molecular weight excluding hydrogens is 471 g/mol. The van der Waals surface area contributed by atoms with Crippen LogP contribution in [0.15, 0.2) is 75.3 Å². The van der Waals surface area contributed by atoms with Gasteiger partial charge in [-0.2, -0.15) is 5.10 Å². The summed E-state index contributed by atoms with van der Waals surface area (Å²) >= 11 is 13.6. The van der Waals surface area contributed by atoms with Crippen molar-refractivity contribution in [3.05, 3.63) is 87.8 Å². The number of benzene rings is 2. The van der Waals surface area contributed by atoms with E-state index in [4.69, 9.17) is 32.4 Å². The van der Waals surface area contributed by atoms with Gasteiger partial charge in [0.1, 0.15) is 11.8 Å². The predicted molar refractivity (Wildman–Crippen MR) is 124 cm³/mol. The molecule has 9 heteroatoms. The number of rotatable bonds is 6. The molecule has 3 aromatic rings. The molecule has 1 aliphatic heterocycles. The summed E-state index contributed by atoms with van der Waals surface area (Å²) in [6.45, 7) is -0.479. The van der Waals surface area contributed by atoms with Crippen molar-refractivity contribution in [2.45, 2.75) is 17.4 Å². The lowest BCUT2D eigenvalue weighted by molar-refractivity contribution is -0.136. The first kappa shape index (κ1) is 22.5. The van der Waals surface area contributed by atoms with Crippen molar-refractivity contribution in [2.24, 2.45) is 5.10 Å². The zero-order chi connectivity index (χ0) is 22.7. The van der Waals surface area contributed by atoms with Crippen molar-refractivity contribution in [3.8, 4) is 0 Å². The Labute approximate surface area is 199 Å². The van der Waals surface area contributed by atoms with Crippen LogP contribution < -0.4 is 0 Å². The zero-order valence-corrected chi connectivity index (χ0v) is 19.3. The minimum atomic E-state index is -0.671. The molecule has 0 fully saturated rings. The highest BCUT2D eigenvalue weighted by molar-refractivity contribution is 7.98. The summed E-state index contributed by atoms with van der Waals surface area (Å²) in [6.07, 6.45) is 3.88. The normalized spacial score (nSPS) is 15.5. The van der Waals surface area contributed by atoms with Gasteiger partial charge in [-0.1, -0.05) is 35.3 Å². The second kappa shape index (κ2) is 9.81. The first-order valence-electron chi connectivity index (χ1n) is 9.66. The van der Waals surface area contributed by atoms with Crippen molar-refractivity contribution in [1.82, 2.24) is 5.01 Å². The van der Waals surface area contributed by atoms with E-state index in [0.717, 1.165) is 10.5 Å². The van der Waals surface area contributed by atoms with Crippen LogP contribution in [0.1, 0.15) is 34.1 Å². The Morgan fingerprint density at radius 1 is 1.19 bits per heavy atom. The number of esters is 1. The number of nitrogens with zero attached hydrogens (tertiary/aromatic N) is 2. The average molecular weight is 489 g/mol. The predicted octanol–water partition coefficient (Wildman–Crippen LogP) is 5.84. The number of carbonyl (C=O) groups excluding carboxylic acids is 2. The summed E-state index contributed by atoms with van der Waals surface area (Å²) in [5, 5.41) is 6.67. The minimum absolute atomic E-state index is 0.209. The number of furan rings is 1. The molecule has 0 spiro atoms. The third-order valence-electron chi connectivity index (χ3n) is 4.94. The summed E-state index contributed by atoms with van der Waals surface area (Å²) in [5.41, 5.74) is 1.76. The molecule has 1 amide bonds. The Balaban J connectivity index is 1.52. The highest BCUT2D eigenvalue weighted by Crippen LogP contribution is 2.33. The minimum Gasteiger partial charge on any atom is -0.467 e. The molecule has 32 heavy (non-hydrogen) atoms. The van der Waals surface area contributed by atoms with E-state index in [0.29, 0.717) is 22.9 Å². The highest BCUT2D eigenvalue weighted by atomic mass is 35.5. The average Bonchev–Trinajstić information content (AvgIpc) is 3.48. The lowest BCUT2D eigenvalue weighted by Crippen LogP contribution is -2.31. The molecule has 2 aromatic carbocycles. The topological polar surface area (TPSA) is 72.1 Å². The highest BCUT2D eigenvalue weighted by Gasteiger charge is 2.35. The molecule has 164 valence electrons. The van der Waals surface area contributed by atoms with Crippen LogP contribution >= 0.6 is 35.0 Å². The first-order chi connectivity index (χ1) is 15.5. The molecule has 0 saturated carbocycles. The molecule has 0 N–H and O–H groups in total. The van der Waals surface area contributed by atoms with Gasteiger partial charge >= 0.3 is 5.97 Å². The van der Waals surface area contributed by atoms with Gasteiger partial charge in [-0.05, 0) is 54.3 Å². The maximum Gasteiger partial charge on any atom is 0.340 e. The quantitative estimate of drug-likeness (QED) is 0.321. The fourth-order valence-electron chi connectivity index (χ4n) is 3.32. The second-order valence-corrected chi connectivity index (χ2v) is 8.67. The molecule has 6 nitrogen and oxygen atoms in total. The first-order valence-corrected chi connectivity index (χ1v) is 11.6. The number of amides is 1. The number of hydrogen-bond donors (Lipinski definition) is 0. The van der Waals surface area contributed by atoms with Gasteiger partial charge < -0.3 is 9.15 Å². The smallest absolute Gasteiger partial charge is 0.340 e. The molecule has 4 rings (SSSR count). The number of hydrazone groups is 1. The lowest BCUT2D eigenvalue weighted by atomic mass is 10.0. The van der Waals surface area contributed by atoms with Crippen LogP contribution in [0.25, 0.3) is 0 Å². The Morgan fingerprint density at radius 3 is 2.66 bits per heavy atom. The van der Waals surface area contributed by atoms with E-state index in [1.807, 2.05) is 18.4 Å². The third-order valence-corrected chi connectivity index (χ3v) is 6.24. The van der Waals surface area contributed by atoms with Gasteiger partial charge in [0.15, 0.2) is 6.61 Å². The van der Waals surface area contributed by atoms with Gasteiger partial charge in [0.2, 0.25) is 0 Å². The van der Waals surface area contributed by atoms with E-state index in [2.05, 4.69) is 5.10 Å². The van der Waals surface area contributed by atoms with Crippen LogP contribution in [-0.2, 0) is 9.53 Å². The molecule has 0 unspecified atom stereocenters. The molecular formula is C23H18Cl2N2O4S. The maximum absolute atomic E-state index is 13.0. The molecule has 0 aliphatic carbocycles. The van der Waals surface area contributed by atoms with Crippen molar-refractivity contribution in [2.75, 3.05) is 12.9 Å². The standard InChI is InChI=1S/C23H18Cl2N2O4S/c1-32-16-8-9-18(25)17(11-16)23(29)31-13-22(28)27-20(21-3-2-10-30-21)12-19(26-27)14-4-6-15(24)7-5-14/h2-11,20H,12-13H2,1H3/t20-/m0/s1. The summed E-state index contributed by atoms with van der Waals surface area (Å²) in [6, 6.07) is 15.4. The molecule has 0 radical (unpaired) electrons. The fourth-order valence-corrected chi connectivity index (χ4v) is 4.08. The molecule has 1 aliphatic rings. The summed E-state index contributed by atoms with van der Waals surface area (Å²) in [7, 11) is 0. The van der Waals surface area contributed by atoms with E-state index in [1.54, 1.807) is 48.7 Å². The number of carbonyl (C=O) groups is 2. The Morgan fingerprint density at radius 2 is 1.97 bits per heavy atom. The summed E-state index contributed by atoms with van der Waals surface area (Å²) < 4.78 is 10.8. The number of thioether (sulfide) groups is 1. The van der Waals surface area contributed by atoms with Crippen LogP contribution in [0.3, 0.4) is 0 Å². The van der Waals surface area contributed by atoms with Gasteiger partial charge in [0.05, 0.1) is 22.6 Å². The van der Waals surface area contributed by atoms with Gasteiger partial charge in [0.25, 0.3) is 5.91 Å². The van der Waals surface area contributed by atoms with E-state index in [9.17, 15) is 9.59 Å². The van der Waals surface area contributed by atoms with Crippen LogP contribution in [0.2, 0.25) is 10.0 Å². The number of halogens is 2. The molecule has 0 saturated heterocycles. The Kier molecular flexibility index (Phi) is 6.89.